The molecule has 1 aromatic carbocycles. The third kappa shape index (κ3) is 4.06. The summed E-state index contributed by atoms with van der Waals surface area (Å²) < 4.78 is 5.30. The Morgan fingerprint density at radius 1 is 1.21 bits per heavy atom. The fourth-order valence-corrected chi connectivity index (χ4v) is 4.10. The Bertz CT molecular complexity index is 1000. The topological polar surface area (TPSA) is 84.2 Å². The monoisotopic (exact) mass is 431 g/mol. The fraction of sp³-hybridized carbons (Fsp3) is 0.300. The number of piperidine rings is 1. The summed E-state index contributed by atoms with van der Waals surface area (Å²) in [5, 5.41) is 7.95. The average Bonchev–Trinajstić information content (AvgIpc) is 3.10. The van der Waals surface area contributed by atoms with Gasteiger partial charge in [-0.05, 0) is 38.0 Å². The number of carbonyl (C=O) groups is 1. The van der Waals surface area contributed by atoms with Gasteiger partial charge in [0.1, 0.15) is 17.0 Å². The Balaban J connectivity index is 1.56. The number of hydrogen-bond donors (Lipinski definition) is 1. The molecule has 29 heavy (non-hydrogen) atoms. The van der Waals surface area contributed by atoms with Crippen molar-refractivity contribution in [1.82, 2.24) is 20.4 Å². The van der Waals surface area contributed by atoms with Crippen LogP contribution in [0.2, 0.25) is 10.0 Å². The van der Waals surface area contributed by atoms with E-state index in [-0.39, 0.29) is 11.9 Å². The van der Waals surface area contributed by atoms with E-state index in [1.165, 1.54) is 0 Å². The summed E-state index contributed by atoms with van der Waals surface area (Å²) >= 11 is 12.6. The second-order valence-electron chi connectivity index (χ2n) is 6.87. The maximum absolute atomic E-state index is 13.1. The van der Waals surface area contributed by atoms with Crippen LogP contribution in [0.5, 0.6) is 0 Å². The first-order valence-electron chi connectivity index (χ1n) is 9.28. The van der Waals surface area contributed by atoms with Crippen molar-refractivity contribution < 1.29 is 9.32 Å². The number of nitrogens with zero attached hydrogens (tertiary/aromatic N) is 4. The number of rotatable bonds is 4. The number of aromatic nitrogens is 3. The second kappa shape index (κ2) is 8.39. The molecule has 3 aromatic rings. The van der Waals surface area contributed by atoms with E-state index in [1.807, 2.05) is 0 Å². The standard InChI is InChI=1S/C20H19Cl2N5O2/c1-12-16(18(26-29-12)17-14(21)6-2-7-15(17)22)19(28)25-13-5-3-10-27(11-13)20-23-8-4-9-24-20/h2,4,6-9,13H,3,5,10-11H2,1H3,(H,25,28)/t13-/m1/s1. The highest BCUT2D eigenvalue weighted by Crippen LogP contribution is 2.36. The number of carbonyl (C=O) groups excluding carboxylic acids is 1. The molecule has 1 aliphatic rings. The molecule has 2 aromatic heterocycles. The van der Waals surface area contributed by atoms with Gasteiger partial charge in [-0.25, -0.2) is 9.97 Å². The number of nitrogens with one attached hydrogen (secondary N) is 1. The lowest BCUT2D eigenvalue weighted by molar-refractivity contribution is 0.0932. The van der Waals surface area contributed by atoms with Crippen molar-refractivity contribution in [3.63, 3.8) is 0 Å². The van der Waals surface area contributed by atoms with Crippen molar-refractivity contribution in [2.24, 2.45) is 0 Å². The molecule has 4 rings (SSSR count). The Labute approximate surface area is 178 Å². The minimum Gasteiger partial charge on any atom is -0.360 e. The molecular formula is C20H19Cl2N5O2. The summed E-state index contributed by atoms with van der Waals surface area (Å²) in [6.45, 7) is 3.17. The summed E-state index contributed by atoms with van der Waals surface area (Å²) in [7, 11) is 0. The number of aryl methyl sites for hydroxylation is 1. The molecule has 0 unspecified atom stereocenters. The van der Waals surface area contributed by atoms with E-state index in [0.29, 0.717) is 45.1 Å². The van der Waals surface area contributed by atoms with Gasteiger partial charge in [0.25, 0.3) is 5.91 Å². The van der Waals surface area contributed by atoms with E-state index >= 15 is 0 Å². The first kappa shape index (κ1) is 19.7. The van der Waals surface area contributed by atoms with Gasteiger partial charge in [0.15, 0.2) is 0 Å². The van der Waals surface area contributed by atoms with Crippen molar-refractivity contribution in [3.05, 3.63) is 58.0 Å². The molecule has 1 aliphatic heterocycles. The summed E-state index contributed by atoms with van der Waals surface area (Å²) in [5.74, 6) is 0.805. The molecule has 150 valence electrons. The van der Waals surface area contributed by atoms with Gasteiger partial charge < -0.3 is 14.7 Å². The van der Waals surface area contributed by atoms with E-state index in [9.17, 15) is 4.79 Å². The molecule has 0 saturated carbocycles. The Kier molecular flexibility index (Phi) is 5.69. The molecule has 0 aliphatic carbocycles. The minimum atomic E-state index is -0.268. The number of amides is 1. The first-order chi connectivity index (χ1) is 14.0. The van der Waals surface area contributed by atoms with Crippen LogP contribution in [0, 0.1) is 6.92 Å². The Hall–Kier alpha value is -2.64. The van der Waals surface area contributed by atoms with Gasteiger partial charge in [-0.1, -0.05) is 34.4 Å². The van der Waals surface area contributed by atoms with Crippen molar-refractivity contribution >= 4 is 35.1 Å². The zero-order valence-corrected chi connectivity index (χ0v) is 17.2. The van der Waals surface area contributed by atoms with Gasteiger partial charge in [0.05, 0.1) is 10.0 Å². The predicted molar refractivity (Wildman–Crippen MR) is 111 cm³/mol. The van der Waals surface area contributed by atoms with Gasteiger partial charge in [-0.2, -0.15) is 0 Å². The third-order valence-electron chi connectivity index (χ3n) is 4.88. The van der Waals surface area contributed by atoms with Crippen LogP contribution < -0.4 is 10.2 Å². The molecule has 1 N–H and O–H groups in total. The quantitative estimate of drug-likeness (QED) is 0.667. The third-order valence-corrected chi connectivity index (χ3v) is 5.51. The minimum absolute atomic E-state index is 0.0519. The molecule has 9 heteroatoms. The summed E-state index contributed by atoms with van der Waals surface area (Å²) in [6.07, 6.45) is 5.21. The van der Waals surface area contributed by atoms with E-state index in [4.69, 9.17) is 27.7 Å². The van der Waals surface area contributed by atoms with E-state index in [2.05, 4.69) is 25.3 Å². The lowest BCUT2D eigenvalue weighted by Crippen LogP contribution is -2.48. The first-order valence-corrected chi connectivity index (χ1v) is 10.0. The van der Waals surface area contributed by atoms with Crippen LogP contribution in [-0.2, 0) is 0 Å². The fourth-order valence-electron chi connectivity index (χ4n) is 3.52. The number of hydrogen-bond acceptors (Lipinski definition) is 6. The summed E-state index contributed by atoms with van der Waals surface area (Å²) in [6, 6.07) is 6.87. The molecule has 0 bridgehead atoms. The number of anilines is 1. The summed E-state index contributed by atoms with van der Waals surface area (Å²) in [4.78, 5) is 23.8. The van der Waals surface area contributed by atoms with Crippen LogP contribution >= 0.6 is 23.2 Å². The van der Waals surface area contributed by atoms with Crippen molar-refractivity contribution in [3.8, 4) is 11.3 Å². The molecule has 1 fully saturated rings. The van der Waals surface area contributed by atoms with Gasteiger partial charge in [0, 0.05) is 37.1 Å². The van der Waals surface area contributed by atoms with Crippen LogP contribution in [0.1, 0.15) is 29.0 Å². The lowest BCUT2D eigenvalue weighted by Gasteiger charge is -2.33. The van der Waals surface area contributed by atoms with Crippen molar-refractivity contribution in [1.29, 1.82) is 0 Å². The van der Waals surface area contributed by atoms with E-state index in [1.54, 1.807) is 43.6 Å². The molecule has 1 saturated heterocycles. The second-order valence-corrected chi connectivity index (χ2v) is 7.68. The van der Waals surface area contributed by atoms with Crippen molar-refractivity contribution in [2.75, 3.05) is 18.0 Å². The highest BCUT2D eigenvalue weighted by atomic mass is 35.5. The lowest BCUT2D eigenvalue weighted by atomic mass is 10.0. The Morgan fingerprint density at radius 2 is 1.93 bits per heavy atom. The molecule has 7 nitrogen and oxygen atoms in total. The zero-order valence-electron chi connectivity index (χ0n) is 15.7. The SMILES string of the molecule is Cc1onc(-c2c(Cl)cccc2Cl)c1C(=O)N[C@@H]1CCCN(c2ncccn2)C1. The zero-order chi connectivity index (χ0) is 20.4. The smallest absolute Gasteiger partial charge is 0.257 e. The maximum atomic E-state index is 13.1. The van der Waals surface area contributed by atoms with Crippen LogP contribution in [-0.4, -0.2) is 40.2 Å². The largest absolute Gasteiger partial charge is 0.360 e. The van der Waals surface area contributed by atoms with E-state index < -0.39 is 0 Å². The highest BCUT2D eigenvalue weighted by Gasteiger charge is 2.28. The van der Waals surface area contributed by atoms with Crippen LogP contribution in [0.3, 0.4) is 0 Å². The van der Waals surface area contributed by atoms with Crippen LogP contribution in [0.4, 0.5) is 5.95 Å². The van der Waals surface area contributed by atoms with Gasteiger partial charge in [-0.3, -0.25) is 4.79 Å². The molecule has 3 heterocycles. The highest BCUT2D eigenvalue weighted by molar-refractivity contribution is 6.39. The van der Waals surface area contributed by atoms with Gasteiger partial charge >= 0.3 is 0 Å². The Morgan fingerprint density at radius 3 is 2.66 bits per heavy atom. The van der Waals surface area contributed by atoms with Gasteiger partial charge in [-0.15, -0.1) is 0 Å². The van der Waals surface area contributed by atoms with Gasteiger partial charge in [0.2, 0.25) is 5.95 Å². The average molecular weight is 432 g/mol. The van der Waals surface area contributed by atoms with Crippen LogP contribution in [0.15, 0.2) is 41.2 Å². The van der Waals surface area contributed by atoms with E-state index in [0.717, 1.165) is 19.4 Å². The molecule has 1 amide bonds. The molecule has 0 radical (unpaired) electrons. The van der Waals surface area contributed by atoms with Crippen LogP contribution in [0.25, 0.3) is 11.3 Å². The number of halogens is 2. The van der Waals surface area contributed by atoms with Crippen molar-refractivity contribution in [2.45, 2.75) is 25.8 Å². The summed E-state index contributed by atoms with van der Waals surface area (Å²) in [5.41, 5.74) is 1.17. The molecule has 0 spiro atoms. The molecular weight excluding hydrogens is 413 g/mol. The maximum Gasteiger partial charge on any atom is 0.257 e. The normalized spacial score (nSPS) is 16.7. The predicted octanol–water partition coefficient (Wildman–Crippen LogP) is 4.15. The molecule has 1 atom stereocenters. The number of benzene rings is 1.